The Balaban J connectivity index is 1.85. The summed E-state index contributed by atoms with van der Waals surface area (Å²) in [4.78, 5) is 30.1. The minimum Gasteiger partial charge on any atom is -0.465 e. The summed E-state index contributed by atoms with van der Waals surface area (Å²) in [7, 11) is 0. The maximum Gasteiger partial charge on any atom is 0.325 e. The molecule has 1 aromatic rings. The van der Waals surface area contributed by atoms with E-state index >= 15 is 0 Å². The maximum atomic E-state index is 12.3. The highest BCUT2D eigenvalue weighted by Gasteiger charge is 2.31. The van der Waals surface area contributed by atoms with Crippen molar-refractivity contribution in [3.05, 3.63) is 18.2 Å². The lowest BCUT2D eigenvalue weighted by Crippen LogP contribution is -2.48. The standard InChI is InChI=1S/C15H24N4O3/c1-4-22-13(20)9-17-14(21)15(2,3)11-18-7-8-19-6-5-16-12(19)10-18/h5-6H,4,7-11H2,1-3H3,(H,17,21). The van der Waals surface area contributed by atoms with Crippen LogP contribution in [-0.2, 0) is 27.4 Å². The molecule has 0 unspecified atom stereocenters. The van der Waals surface area contributed by atoms with Crippen molar-refractivity contribution in [3.63, 3.8) is 0 Å². The Morgan fingerprint density at radius 3 is 2.91 bits per heavy atom. The van der Waals surface area contributed by atoms with Crippen LogP contribution in [0.1, 0.15) is 26.6 Å². The number of nitrogens with zero attached hydrogens (tertiary/aromatic N) is 3. The van der Waals surface area contributed by atoms with Crippen molar-refractivity contribution in [2.75, 3.05) is 26.2 Å². The van der Waals surface area contributed by atoms with Crippen LogP contribution in [0.2, 0.25) is 0 Å². The molecule has 0 saturated carbocycles. The third-order valence-electron chi connectivity index (χ3n) is 3.76. The summed E-state index contributed by atoms with van der Waals surface area (Å²) in [6.07, 6.45) is 3.78. The lowest BCUT2D eigenvalue weighted by Gasteiger charge is -2.34. The third kappa shape index (κ3) is 4.07. The third-order valence-corrected chi connectivity index (χ3v) is 3.76. The van der Waals surface area contributed by atoms with Crippen molar-refractivity contribution in [1.29, 1.82) is 0 Å². The van der Waals surface area contributed by atoms with Crippen LogP contribution in [-0.4, -0.2) is 52.6 Å². The van der Waals surface area contributed by atoms with E-state index in [1.807, 2.05) is 20.0 Å². The topological polar surface area (TPSA) is 76.5 Å². The first-order valence-corrected chi connectivity index (χ1v) is 7.58. The molecule has 1 aromatic heterocycles. The number of carbonyl (C=O) groups is 2. The molecule has 0 atom stereocenters. The van der Waals surface area contributed by atoms with Gasteiger partial charge in [0.15, 0.2) is 0 Å². The summed E-state index contributed by atoms with van der Waals surface area (Å²) in [5.74, 6) is 0.468. The molecule has 0 spiro atoms. The maximum absolute atomic E-state index is 12.3. The average Bonchev–Trinajstić information content (AvgIpc) is 2.92. The molecule has 22 heavy (non-hydrogen) atoms. The van der Waals surface area contributed by atoms with Gasteiger partial charge in [0, 0.05) is 32.0 Å². The number of ether oxygens (including phenoxy) is 1. The summed E-state index contributed by atoms with van der Waals surface area (Å²) in [6, 6.07) is 0. The van der Waals surface area contributed by atoms with E-state index < -0.39 is 11.4 Å². The lowest BCUT2D eigenvalue weighted by molar-refractivity contribution is -0.144. The zero-order valence-electron chi connectivity index (χ0n) is 13.5. The molecule has 2 rings (SSSR count). The number of rotatable bonds is 6. The van der Waals surface area contributed by atoms with Crippen molar-refractivity contribution in [1.82, 2.24) is 19.8 Å². The van der Waals surface area contributed by atoms with Crippen molar-refractivity contribution >= 4 is 11.9 Å². The Kier molecular flexibility index (Phi) is 5.18. The Hall–Kier alpha value is -1.89. The SMILES string of the molecule is CCOC(=O)CNC(=O)C(C)(C)CN1CCn2ccnc2C1. The first kappa shape index (κ1) is 16.5. The molecule has 1 aliphatic rings. The second-order valence-corrected chi connectivity index (χ2v) is 6.12. The number of fused-ring (bicyclic) bond motifs is 1. The first-order valence-electron chi connectivity index (χ1n) is 7.58. The molecular weight excluding hydrogens is 284 g/mol. The molecule has 0 aliphatic carbocycles. The molecule has 1 amide bonds. The zero-order chi connectivity index (χ0) is 16.2. The minimum absolute atomic E-state index is 0.0828. The van der Waals surface area contributed by atoms with E-state index in [4.69, 9.17) is 4.74 Å². The number of esters is 1. The number of imidazole rings is 1. The molecule has 0 bridgehead atoms. The van der Waals surface area contributed by atoms with Crippen LogP contribution in [0.15, 0.2) is 12.4 Å². The van der Waals surface area contributed by atoms with Crippen LogP contribution < -0.4 is 5.32 Å². The molecule has 122 valence electrons. The van der Waals surface area contributed by atoms with E-state index in [1.54, 1.807) is 13.1 Å². The summed E-state index contributed by atoms with van der Waals surface area (Å²) in [6.45, 7) is 8.87. The van der Waals surface area contributed by atoms with Gasteiger partial charge in [-0.2, -0.15) is 0 Å². The van der Waals surface area contributed by atoms with Crippen molar-refractivity contribution in [2.24, 2.45) is 5.41 Å². The summed E-state index contributed by atoms with van der Waals surface area (Å²) >= 11 is 0. The van der Waals surface area contributed by atoms with Gasteiger partial charge in [-0.25, -0.2) is 4.98 Å². The van der Waals surface area contributed by atoms with Gasteiger partial charge in [-0.1, -0.05) is 0 Å². The molecule has 0 saturated heterocycles. The second-order valence-electron chi connectivity index (χ2n) is 6.12. The molecular formula is C15H24N4O3. The molecule has 1 aliphatic heterocycles. The van der Waals surface area contributed by atoms with E-state index in [9.17, 15) is 9.59 Å². The first-order chi connectivity index (χ1) is 10.4. The highest BCUT2D eigenvalue weighted by atomic mass is 16.5. The molecule has 0 aromatic carbocycles. The number of aromatic nitrogens is 2. The van der Waals surface area contributed by atoms with Gasteiger partial charge in [0.1, 0.15) is 12.4 Å². The Labute approximate surface area is 130 Å². The van der Waals surface area contributed by atoms with Crippen molar-refractivity contribution < 1.29 is 14.3 Å². The summed E-state index contributed by atoms with van der Waals surface area (Å²) in [5, 5.41) is 2.65. The summed E-state index contributed by atoms with van der Waals surface area (Å²) < 4.78 is 6.94. The smallest absolute Gasteiger partial charge is 0.325 e. The normalized spacial score (nSPS) is 15.2. The van der Waals surface area contributed by atoms with Gasteiger partial charge in [-0.3, -0.25) is 14.5 Å². The summed E-state index contributed by atoms with van der Waals surface area (Å²) in [5.41, 5.74) is -0.582. The number of hydrogen-bond donors (Lipinski definition) is 1. The predicted octanol–water partition coefficient (Wildman–Crippen LogP) is 0.404. The lowest BCUT2D eigenvalue weighted by atomic mass is 9.91. The van der Waals surface area contributed by atoms with Gasteiger partial charge >= 0.3 is 5.97 Å². The average molecular weight is 308 g/mol. The predicted molar refractivity (Wildman–Crippen MR) is 80.9 cm³/mol. The molecule has 1 N–H and O–H groups in total. The molecule has 7 heteroatoms. The number of carbonyl (C=O) groups excluding carboxylic acids is 2. The van der Waals surface area contributed by atoms with E-state index in [1.165, 1.54) is 0 Å². The Morgan fingerprint density at radius 2 is 2.18 bits per heavy atom. The molecule has 0 fully saturated rings. The highest BCUT2D eigenvalue weighted by Crippen LogP contribution is 2.20. The van der Waals surface area contributed by atoms with Gasteiger partial charge < -0.3 is 14.6 Å². The van der Waals surface area contributed by atoms with Crippen molar-refractivity contribution in [3.8, 4) is 0 Å². The van der Waals surface area contributed by atoms with E-state index in [-0.39, 0.29) is 12.5 Å². The number of amides is 1. The molecule has 2 heterocycles. The fourth-order valence-corrected chi connectivity index (χ4v) is 2.59. The quantitative estimate of drug-likeness (QED) is 0.770. The van der Waals surface area contributed by atoms with Crippen LogP contribution in [0.4, 0.5) is 0 Å². The van der Waals surface area contributed by atoms with Gasteiger partial charge in [-0.15, -0.1) is 0 Å². The number of hydrogen-bond acceptors (Lipinski definition) is 5. The Morgan fingerprint density at radius 1 is 1.41 bits per heavy atom. The van der Waals surface area contributed by atoms with Gasteiger partial charge in [0.25, 0.3) is 0 Å². The van der Waals surface area contributed by atoms with Crippen LogP contribution in [0.5, 0.6) is 0 Å². The number of nitrogens with one attached hydrogen (secondary N) is 1. The van der Waals surface area contributed by atoms with E-state index in [0.29, 0.717) is 13.2 Å². The largest absolute Gasteiger partial charge is 0.465 e. The van der Waals surface area contributed by atoms with Gasteiger partial charge in [-0.05, 0) is 20.8 Å². The Bertz CT molecular complexity index is 539. The van der Waals surface area contributed by atoms with Crippen LogP contribution >= 0.6 is 0 Å². The van der Waals surface area contributed by atoms with Crippen molar-refractivity contribution in [2.45, 2.75) is 33.9 Å². The minimum atomic E-state index is -0.582. The zero-order valence-corrected chi connectivity index (χ0v) is 13.5. The van der Waals surface area contributed by atoms with E-state index in [2.05, 4.69) is 19.8 Å². The van der Waals surface area contributed by atoms with E-state index in [0.717, 1.165) is 25.5 Å². The second kappa shape index (κ2) is 6.91. The molecule has 7 nitrogen and oxygen atoms in total. The van der Waals surface area contributed by atoms with Gasteiger partial charge in [0.05, 0.1) is 18.6 Å². The van der Waals surface area contributed by atoms with Crippen LogP contribution in [0.25, 0.3) is 0 Å². The fraction of sp³-hybridized carbons (Fsp3) is 0.667. The monoisotopic (exact) mass is 308 g/mol. The highest BCUT2D eigenvalue weighted by molar-refractivity contribution is 5.85. The van der Waals surface area contributed by atoms with Crippen LogP contribution in [0.3, 0.4) is 0 Å². The van der Waals surface area contributed by atoms with Crippen LogP contribution in [0, 0.1) is 5.41 Å². The fourth-order valence-electron chi connectivity index (χ4n) is 2.59. The molecule has 0 radical (unpaired) electrons. The van der Waals surface area contributed by atoms with Gasteiger partial charge in [0.2, 0.25) is 5.91 Å².